The van der Waals surface area contributed by atoms with Gasteiger partial charge in [-0.15, -0.1) is 0 Å². The molecule has 0 aromatic heterocycles. The van der Waals surface area contributed by atoms with Crippen molar-refractivity contribution in [2.45, 2.75) is 19.9 Å². The SMILES string of the molecule is COc1ccc(C(C)NC(=O)/C(C#N)=C\Nc2cccc(Cl)c2C)cc1OC. The molecule has 0 saturated carbocycles. The fourth-order valence-corrected chi connectivity index (χ4v) is 2.72. The Hall–Kier alpha value is -3.17. The van der Waals surface area contributed by atoms with Crippen LogP contribution in [0.3, 0.4) is 0 Å². The van der Waals surface area contributed by atoms with E-state index in [1.807, 2.05) is 32.0 Å². The van der Waals surface area contributed by atoms with Crippen LogP contribution in [0.15, 0.2) is 48.2 Å². The van der Waals surface area contributed by atoms with Crippen molar-refractivity contribution in [3.63, 3.8) is 0 Å². The van der Waals surface area contributed by atoms with E-state index < -0.39 is 5.91 Å². The van der Waals surface area contributed by atoms with Crippen LogP contribution in [0.25, 0.3) is 0 Å². The van der Waals surface area contributed by atoms with Gasteiger partial charge in [0.15, 0.2) is 11.5 Å². The summed E-state index contributed by atoms with van der Waals surface area (Å²) in [5, 5.41) is 15.7. The summed E-state index contributed by atoms with van der Waals surface area (Å²) in [6.07, 6.45) is 1.37. The number of nitriles is 1. The van der Waals surface area contributed by atoms with Crippen molar-refractivity contribution in [3.05, 3.63) is 64.3 Å². The molecule has 1 amide bonds. The number of hydrogen-bond acceptors (Lipinski definition) is 5. The zero-order valence-corrected chi connectivity index (χ0v) is 16.9. The lowest BCUT2D eigenvalue weighted by atomic mass is 10.1. The summed E-state index contributed by atoms with van der Waals surface area (Å²) < 4.78 is 10.5. The molecule has 2 aromatic carbocycles. The summed E-state index contributed by atoms with van der Waals surface area (Å²) in [5.74, 6) is 0.677. The molecule has 0 spiro atoms. The molecule has 7 heteroatoms. The standard InChI is InChI=1S/C21H22ClN3O3/c1-13-17(22)6-5-7-18(13)24-12-16(11-23)21(26)25-14(2)15-8-9-19(27-3)20(10-15)28-4/h5-10,12,14,24H,1-4H3,(H,25,26)/b16-12-. The maximum Gasteiger partial charge on any atom is 0.263 e. The van der Waals surface area contributed by atoms with Crippen molar-refractivity contribution in [1.29, 1.82) is 5.26 Å². The normalized spacial score (nSPS) is 11.9. The largest absolute Gasteiger partial charge is 0.493 e. The Labute approximate surface area is 169 Å². The van der Waals surface area contributed by atoms with Crippen LogP contribution < -0.4 is 20.1 Å². The monoisotopic (exact) mass is 399 g/mol. The van der Waals surface area contributed by atoms with Crippen LogP contribution in [0.2, 0.25) is 5.02 Å². The molecular weight excluding hydrogens is 378 g/mol. The van der Waals surface area contributed by atoms with Gasteiger partial charge in [-0.25, -0.2) is 0 Å². The van der Waals surface area contributed by atoms with Crippen molar-refractivity contribution >= 4 is 23.2 Å². The van der Waals surface area contributed by atoms with Crippen LogP contribution >= 0.6 is 11.6 Å². The Bertz CT molecular complexity index is 935. The average Bonchev–Trinajstić information content (AvgIpc) is 2.70. The minimum absolute atomic E-state index is 0.0493. The number of nitrogens with zero attached hydrogens (tertiary/aromatic N) is 1. The van der Waals surface area contributed by atoms with E-state index in [-0.39, 0.29) is 11.6 Å². The van der Waals surface area contributed by atoms with E-state index in [9.17, 15) is 10.1 Å². The van der Waals surface area contributed by atoms with Crippen LogP contribution in [-0.2, 0) is 4.79 Å². The smallest absolute Gasteiger partial charge is 0.263 e. The second-order valence-corrected chi connectivity index (χ2v) is 6.44. The number of anilines is 1. The summed E-state index contributed by atoms with van der Waals surface area (Å²) in [7, 11) is 3.10. The van der Waals surface area contributed by atoms with Crippen LogP contribution in [0.5, 0.6) is 11.5 Å². The molecule has 6 nitrogen and oxygen atoms in total. The molecule has 2 rings (SSSR count). The highest BCUT2D eigenvalue weighted by atomic mass is 35.5. The molecule has 0 heterocycles. The Kier molecular flexibility index (Phi) is 7.30. The van der Waals surface area contributed by atoms with Gasteiger partial charge in [-0.05, 0) is 49.2 Å². The van der Waals surface area contributed by atoms with Gasteiger partial charge >= 0.3 is 0 Å². The Balaban J connectivity index is 2.13. The molecule has 0 aliphatic rings. The molecule has 1 atom stereocenters. The van der Waals surface area contributed by atoms with E-state index in [0.29, 0.717) is 16.5 Å². The highest BCUT2D eigenvalue weighted by Gasteiger charge is 2.16. The molecule has 0 aliphatic carbocycles. The number of halogens is 1. The van der Waals surface area contributed by atoms with E-state index in [0.717, 1.165) is 16.8 Å². The topological polar surface area (TPSA) is 83.4 Å². The fourth-order valence-electron chi connectivity index (χ4n) is 2.54. The Morgan fingerprint density at radius 1 is 1.21 bits per heavy atom. The zero-order valence-electron chi connectivity index (χ0n) is 16.2. The maximum atomic E-state index is 12.5. The van der Waals surface area contributed by atoms with Crippen LogP contribution in [-0.4, -0.2) is 20.1 Å². The molecule has 0 radical (unpaired) electrons. The lowest BCUT2D eigenvalue weighted by Crippen LogP contribution is -2.28. The number of carbonyl (C=O) groups is 1. The molecular formula is C21H22ClN3O3. The summed E-state index contributed by atoms with van der Waals surface area (Å²) in [4.78, 5) is 12.5. The highest BCUT2D eigenvalue weighted by Crippen LogP contribution is 2.30. The number of nitrogens with one attached hydrogen (secondary N) is 2. The third kappa shape index (κ3) is 4.96. The minimum atomic E-state index is -0.489. The highest BCUT2D eigenvalue weighted by molar-refractivity contribution is 6.31. The third-order valence-corrected chi connectivity index (χ3v) is 4.67. The van der Waals surface area contributed by atoms with Gasteiger partial charge in [0.2, 0.25) is 0 Å². The number of amides is 1. The average molecular weight is 400 g/mol. The van der Waals surface area contributed by atoms with Gasteiger partial charge in [-0.2, -0.15) is 5.26 Å². The minimum Gasteiger partial charge on any atom is -0.493 e. The van der Waals surface area contributed by atoms with Crippen molar-refractivity contribution in [2.75, 3.05) is 19.5 Å². The molecule has 0 saturated heterocycles. The van der Waals surface area contributed by atoms with E-state index in [1.165, 1.54) is 6.20 Å². The first-order chi connectivity index (χ1) is 13.4. The van der Waals surface area contributed by atoms with Gasteiger partial charge in [-0.3, -0.25) is 4.79 Å². The van der Waals surface area contributed by atoms with Crippen molar-refractivity contribution in [2.24, 2.45) is 0 Å². The molecule has 28 heavy (non-hydrogen) atoms. The molecule has 0 fully saturated rings. The van der Waals surface area contributed by atoms with E-state index >= 15 is 0 Å². The number of hydrogen-bond donors (Lipinski definition) is 2. The first-order valence-corrected chi connectivity index (χ1v) is 8.93. The van der Waals surface area contributed by atoms with Crippen LogP contribution in [0.1, 0.15) is 24.1 Å². The van der Waals surface area contributed by atoms with E-state index in [1.54, 1.807) is 38.5 Å². The Morgan fingerprint density at radius 3 is 2.57 bits per heavy atom. The van der Waals surface area contributed by atoms with Gasteiger partial charge < -0.3 is 20.1 Å². The molecule has 0 aliphatic heterocycles. The molecule has 146 valence electrons. The fraction of sp³-hybridized carbons (Fsp3) is 0.238. The van der Waals surface area contributed by atoms with Gasteiger partial charge in [0, 0.05) is 16.9 Å². The van der Waals surface area contributed by atoms with Gasteiger partial charge in [0.05, 0.1) is 20.3 Å². The van der Waals surface area contributed by atoms with Crippen molar-refractivity contribution in [3.8, 4) is 17.6 Å². The number of ether oxygens (including phenoxy) is 2. The van der Waals surface area contributed by atoms with E-state index in [2.05, 4.69) is 10.6 Å². The molecule has 2 N–H and O–H groups in total. The quantitative estimate of drug-likeness (QED) is 0.533. The van der Waals surface area contributed by atoms with Gasteiger partial charge in [0.25, 0.3) is 5.91 Å². The van der Waals surface area contributed by atoms with Crippen molar-refractivity contribution in [1.82, 2.24) is 5.32 Å². The van der Waals surface area contributed by atoms with Crippen LogP contribution in [0.4, 0.5) is 5.69 Å². The first-order valence-electron chi connectivity index (χ1n) is 8.56. The summed E-state index contributed by atoms with van der Waals surface area (Å²) in [6, 6.07) is 12.3. The maximum absolute atomic E-state index is 12.5. The second-order valence-electron chi connectivity index (χ2n) is 6.04. The summed E-state index contributed by atoms with van der Waals surface area (Å²) >= 11 is 6.08. The predicted molar refractivity (Wildman–Crippen MR) is 110 cm³/mol. The van der Waals surface area contributed by atoms with Gasteiger partial charge in [0.1, 0.15) is 11.6 Å². The summed E-state index contributed by atoms with van der Waals surface area (Å²) in [5.41, 5.74) is 2.33. The molecule has 2 aromatic rings. The number of carbonyl (C=O) groups excluding carboxylic acids is 1. The first kappa shape index (κ1) is 21.1. The lowest BCUT2D eigenvalue weighted by molar-refractivity contribution is -0.117. The second kappa shape index (κ2) is 9.67. The van der Waals surface area contributed by atoms with Crippen LogP contribution in [0, 0.1) is 18.3 Å². The predicted octanol–water partition coefficient (Wildman–Crippen LogP) is 4.36. The third-order valence-electron chi connectivity index (χ3n) is 4.26. The zero-order chi connectivity index (χ0) is 20.7. The molecule has 0 bridgehead atoms. The number of benzene rings is 2. The van der Waals surface area contributed by atoms with Crippen molar-refractivity contribution < 1.29 is 14.3 Å². The number of rotatable bonds is 7. The molecule has 1 unspecified atom stereocenters. The number of methoxy groups -OCH3 is 2. The van der Waals surface area contributed by atoms with Gasteiger partial charge in [-0.1, -0.05) is 23.7 Å². The Morgan fingerprint density at radius 2 is 1.93 bits per heavy atom. The lowest BCUT2D eigenvalue weighted by Gasteiger charge is -2.16. The van der Waals surface area contributed by atoms with E-state index in [4.69, 9.17) is 21.1 Å². The summed E-state index contributed by atoms with van der Waals surface area (Å²) in [6.45, 7) is 3.67.